The van der Waals surface area contributed by atoms with E-state index >= 15 is 0 Å². The van der Waals surface area contributed by atoms with Gasteiger partial charge in [-0.15, -0.1) is 0 Å². The van der Waals surface area contributed by atoms with Crippen molar-refractivity contribution in [2.45, 2.75) is 5.33 Å². The minimum atomic E-state index is -0.421. The Hall–Kier alpha value is 0.290. The number of rotatable bonds is 1. The van der Waals surface area contributed by atoms with Crippen LogP contribution in [0, 0.1) is 9.52 Å². The molecule has 0 amide bonds. The summed E-state index contributed by atoms with van der Waals surface area (Å²) in [6.07, 6.45) is 0. The van der Waals surface area contributed by atoms with Gasteiger partial charge < -0.3 is 0 Å². The Morgan fingerprint density at radius 2 is 2.30 bits per heavy atom. The third-order valence-corrected chi connectivity index (χ3v) is 2.52. The largest absolute Gasteiger partial charge is 0.223 e. The van der Waals surface area contributed by atoms with Gasteiger partial charge >= 0.3 is 0 Å². The summed E-state index contributed by atoms with van der Waals surface area (Å²) in [6.45, 7) is 0. The van der Waals surface area contributed by atoms with Gasteiger partial charge in [-0.05, 0) is 34.7 Å². The molecule has 0 aliphatic heterocycles. The minimum absolute atomic E-state index is 0.421. The maximum Gasteiger partial charge on any atom is 0.213 e. The molecular weight excluding hydrogens is 312 g/mol. The van der Waals surface area contributed by atoms with E-state index in [4.69, 9.17) is 0 Å². The summed E-state index contributed by atoms with van der Waals surface area (Å²) in [7, 11) is 0. The van der Waals surface area contributed by atoms with Crippen molar-refractivity contribution in [3.63, 3.8) is 0 Å². The first-order valence-corrected chi connectivity index (χ1v) is 4.81. The molecule has 0 radical (unpaired) electrons. The molecule has 0 saturated carbocycles. The molecular formula is C6H4BrFIN. The molecule has 54 valence electrons. The number of alkyl halides is 1. The molecule has 0 aromatic carbocycles. The van der Waals surface area contributed by atoms with E-state index in [0.29, 0.717) is 5.33 Å². The van der Waals surface area contributed by atoms with Crippen LogP contribution in [0.3, 0.4) is 0 Å². The Kier molecular flexibility index (Phi) is 3.03. The number of aromatic nitrogens is 1. The molecule has 4 heteroatoms. The van der Waals surface area contributed by atoms with E-state index in [9.17, 15) is 4.39 Å². The summed E-state index contributed by atoms with van der Waals surface area (Å²) in [5.74, 6) is -0.421. The fourth-order valence-corrected chi connectivity index (χ4v) is 1.99. The van der Waals surface area contributed by atoms with Gasteiger partial charge in [0.2, 0.25) is 5.95 Å². The number of hydrogen-bond acceptors (Lipinski definition) is 1. The van der Waals surface area contributed by atoms with E-state index < -0.39 is 5.95 Å². The summed E-state index contributed by atoms with van der Waals surface area (Å²) >= 11 is 5.33. The molecule has 0 bridgehead atoms. The fourth-order valence-electron chi connectivity index (χ4n) is 0.551. The van der Waals surface area contributed by atoms with Crippen molar-refractivity contribution < 1.29 is 4.39 Å². The highest BCUT2D eigenvalue weighted by atomic mass is 127. The second kappa shape index (κ2) is 3.61. The van der Waals surface area contributed by atoms with Crippen LogP contribution in [-0.2, 0) is 5.33 Å². The zero-order valence-corrected chi connectivity index (χ0v) is 8.69. The molecule has 0 unspecified atom stereocenters. The summed E-state index contributed by atoms with van der Waals surface area (Å²) in [4.78, 5) is 3.67. The second-order valence-electron chi connectivity index (χ2n) is 1.70. The van der Waals surface area contributed by atoms with Crippen molar-refractivity contribution in [3.05, 3.63) is 27.3 Å². The van der Waals surface area contributed by atoms with Crippen molar-refractivity contribution in [1.29, 1.82) is 0 Å². The van der Waals surface area contributed by atoms with E-state index in [2.05, 4.69) is 43.5 Å². The molecule has 1 nitrogen and oxygen atoms in total. The fraction of sp³-hybridized carbons (Fsp3) is 0.167. The molecule has 1 aromatic heterocycles. The molecule has 0 aliphatic carbocycles. The maximum absolute atomic E-state index is 12.4. The van der Waals surface area contributed by atoms with Crippen LogP contribution in [0.25, 0.3) is 0 Å². The lowest BCUT2D eigenvalue weighted by molar-refractivity contribution is 0.579. The first-order valence-electron chi connectivity index (χ1n) is 2.61. The van der Waals surface area contributed by atoms with E-state index in [1.807, 2.05) is 0 Å². The highest BCUT2D eigenvalue weighted by molar-refractivity contribution is 14.1. The van der Waals surface area contributed by atoms with Crippen LogP contribution in [0.5, 0.6) is 0 Å². The zero-order chi connectivity index (χ0) is 7.56. The molecule has 10 heavy (non-hydrogen) atoms. The standard InChI is InChI=1S/C6H4BrFIN/c7-3-5-4(9)1-2-6(8)10-5/h1-2H,3H2. The summed E-state index contributed by atoms with van der Waals surface area (Å²) in [5.41, 5.74) is 0.751. The van der Waals surface area contributed by atoms with E-state index in [1.54, 1.807) is 6.07 Å². The van der Waals surface area contributed by atoms with Crippen LogP contribution in [0.2, 0.25) is 0 Å². The van der Waals surface area contributed by atoms with Crippen molar-refractivity contribution in [2.75, 3.05) is 0 Å². The predicted octanol–water partition coefficient (Wildman–Crippen LogP) is 2.72. The van der Waals surface area contributed by atoms with E-state index in [0.717, 1.165) is 9.26 Å². The SMILES string of the molecule is Fc1ccc(I)c(CBr)n1. The molecule has 0 aliphatic rings. The zero-order valence-electron chi connectivity index (χ0n) is 4.94. The van der Waals surface area contributed by atoms with Gasteiger partial charge in [-0.3, -0.25) is 0 Å². The molecule has 0 N–H and O–H groups in total. The Morgan fingerprint density at radius 3 is 2.80 bits per heavy atom. The van der Waals surface area contributed by atoms with Gasteiger partial charge in [0.15, 0.2) is 0 Å². The molecule has 0 fully saturated rings. The van der Waals surface area contributed by atoms with Gasteiger partial charge in [-0.2, -0.15) is 4.39 Å². The smallest absolute Gasteiger partial charge is 0.213 e. The van der Waals surface area contributed by atoms with Crippen LogP contribution >= 0.6 is 38.5 Å². The van der Waals surface area contributed by atoms with Crippen LogP contribution in [-0.4, -0.2) is 4.98 Å². The van der Waals surface area contributed by atoms with Crippen molar-refractivity contribution in [1.82, 2.24) is 4.98 Å². The molecule has 1 aromatic rings. The van der Waals surface area contributed by atoms with Crippen LogP contribution in [0.15, 0.2) is 12.1 Å². The topological polar surface area (TPSA) is 12.9 Å². The van der Waals surface area contributed by atoms with Gasteiger partial charge in [0.1, 0.15) is 0 Å². The highest BCUT2D eigenvalue weighted by Gasteiger charge is 1.99. The van der Waals surface area contributed by atoms with Crippen LogP contribution in [0.1, 0.15) is 5.69 Å². The monoisotopic (exact) mass is 315 g/mol. The summed E-state index contributed by atoms with van der Waals surface area (Å²) in [6, 6.07) is 3.06. The van der Waals surface area contributed by atoms with Crippen LogP contribution in [0.4, 0.5) is 4.39 Å². The average Bonchev–Trinajstić information content (AvgIpc) is 1.94. The number of pyridine rings is 1. The quantitative estimate of drug-likeness (QED) is 0.441. The first-order chi connectivity index (χ1) is 4.74. The normalized spacial score (nSPS) is 9.90. The Labute approximate surface area is 80.3 Å². The van der Waals surface area contributed by atoms with Gasteiger partial charge in [0, 0.05) is 8.90 Å². The predicted molar refractivity (Wildman–Crippen MR) is 49.5 cm³/mol. The van der Waals surface area contributed by atoms with Gasteiger partial charge in [0.25, 0.3) is 0 Å². The lowest BCUT2D eigenvalue weighted by Crippen LogP contribution is -1.92. The van der Waals surface area contributed by atoms with Gasteiger partial charge in [0.05, 0.1) is 5.69 Å². The molecule has 0 saturated heterocycles. The Bertz CT molecular complexity index is 241. The molecule has 0 spiro atoms. The number of hydrogen-bond donors (Lipinski definition) is 0. The second-order valence-corrected chi connectivity index (χ2v) is 3.42. The van der Waals surface area contributed by atoms with Crippen LogP contribution < -0.4 is 0 Å². The highest BCUT2D eigenvalue weighted by Crippen LogP contribution is 2.12. The maximum atomic E-state index is 12.4. The third-order valence-electron chi connectivity index (χ3n) is 1.01. The Morgan fingerprint density at radius 1 is 1.60 bits per heavy atom. The summed E-state index contributed by atoms with van der Waals surface area (Å²) in [5, 5.41) is 0.600. The molecule has 1 rings (SSSR count). The van der Waals surface area contributed by atoms with Gasteiger partial charge in [-0.25, -0.2) is 4.98 Å². The van der Waals surface area contributed by atoms with Crippen molar-refractivity contribution >= 4 is 38.5 Å². The van der Waals surface area contributed by atoms with Crippen molar-refractivity contribution in [3.8, 4) is 0 Å². The number of halogens is 3. The lowest BCUT2D eigenvalue weighted by atomic mass is 10.4. The Balaban J connectivity index is 3.09. The minimum Gasteiger partial charge on any atom is -0.223 e. The lowest BCUT2D eigenvalue weighted by Gasteiger charge is -1.96. The van der Waals surface area contributed by atoms with Crippen molar-refractivity contribution in [2.24, 2.45) is 0 Å². The van der Waals surface area contributed by atoms with E-state index in [1.165, 1.54) is 6.07 Å². The molecule has 0 atom stereocenters. The van der Waals surface area contributed by atoms with E-state index in [-0.39, 0.29) is 0 Å². The summed E-state index contributed by atoms with van der Waals surface area (Å²) < 4.78 is 13.4. The first kappa shape index (κ1) is 8.39. The average molecular weight is 316 g/mol. The molecule has 1 heterocycles. The number of nitrogens with zero attached hydrogens (tertiary/aromatic N) is 1. The van der Waals surface area contributed by atoms with Gasteiger partial charge in [-0.1, -0.05) is 15.9 Å². The third kappa shape index (κ3) is 1.88.